The van der Waals surface area contributed by atoms with Crippen LogP contribution in [0.5, 0.6) is 0 Å². The topological polar surface area (TPSA) is 63.4 Å². The van der Waals surface area contributed by atoms with Crippen LogP contribution in [0.1, 0.15) is 32.1 Å². The number of hydrogen-bond acceptors (Lipinski definition) is 3. The molecule has 0 radical (unpaired) electrons. The molecule has 1 aliphatic carbocycles. The Morgan fingerprint density at radius 1 is 1.19 bits per heavy atom. The summed E-state index contributed by atoms with van der Waals surface area (Å²) < 4.78 is 53.4. The van der Waals surface area contributed by atoms with Gasteiger partial charge in [-0.2, -0.15) is 4.31 Å². The van der Waals surface area contributed by atoms with Gasteiger partial charge in [0.25, 0.3) is 0 Å². The Balaban J connectivity index is 2.36. The number of nitrogens with two attached hydrogens (primary N) is 1. The van der Waals surface area contributed by atoms with E-state index in [1.54, 1.807) is 0 Å². The van der Waals surface area contributed by atoms with Crippen molar-refractivity contribution >= 4 is 10.0 Å². The van der Waals surface area contributed by atoms with Crippen LogP contribution in [0.15, 0.2) is 23.1 Å². The number of sulfonamides is 1. The van der Waals surface area contributed by atoms with Gasteiger partial charge < -0.3 is 5.73 Å². The molecule has 0 aromatic heterocycles. The molecule has 7 heteroatoms. The Morgan fingerprint density at radius 2 is 1.86 bits per heavy atom. The Hall–Kier alpha value is -1.05. The van der Waals surface area contributed by atoms with Crippen LogP contribution >= 0.6 is 0 Å². The summed E-state index contributed by atoms with van der Waals surface area (Å²) >= 11 is 0. The average molecular weight is 318 g/mol. The van der Waals surface area contributed by atoms with Crippen LogP contribution in [0, 0.1) is 11.6 Å². The van der Waals surface area contributed by atoms with Gasteiger partial charge in [0.2, 0.25) is 10.0 Å². The lowest BCUT2D eigenvalue weighted by molar-refractivity contribution is 0.256. The Bertz CT molecular complexity index is 587. The zero-order valence-electron chi connectivity index (χ0n) is 11.8. The second-order valence-corrected chi connectivity index (χ2v) is 7.13. The largest absolute Gasteiger partial charge is 0.329 e. The maximum atomic E-state index is 13.8. The van der Waals surface area contributed by atoms with E-state index < -0.39 is 26.6 Å². The van der Waals surface area contributed by atoms with Crippen molar-refractivity contribution in [3.63, 3.8) is 0 Å². The predicted molar refractivity (Wildman–Crippen MR) is 76.2 cm³/mol. The van der Waals surface area contributed by atoms with Crippen molar-refractivity contribution in [2.24, 2.45) is 5.73 Å². The summed E-state index contributed by atoms with van der Waals surface area (Å²) in [7, 11) is -4.00. The zero-order chi connectivity index (χ0) is 15.5. The molecule has 0 saturated heterocycles. The molecule has 0 unspecified atom stereocenters. The van der Waals surface area contributed by atoms with Gasteiger partial charge in [-0.3, -0.25) is 0 Å². The van der Waals surface area contributed by atoms with E-state index in [1.807, 2.05) is 0 Å². The first kappa shape index (κ1) is 16.3. The van der Waals surface area contributed by atoms with E-state index in [9.17, 15) is 17.2 Å². The molecule has 1 aromatic carbocycles. The van der Waals surface area contributed by atoms with Gasteiger partial charge in [-0.25, -0.2) is 17.2 Å². The van der Waals surface area contributed by atoms with Crippen LogP contribution in [0.2, 0.25) is 0 Å². The van der Waals surface area contributed by atoms with Crippen molar-refractivity contribution in [1.82, 2.24) is 4.31 Å². The van der Waals surface area contributed by atoms with Crippen LogP contribution in [0.25, 0.3) is 0 Å². The van der Waals surface area contributed by atoms with E-state index >= 15 is 0 Å². The van der Waals surface area contributed by atoms with E-state index in [1.165, 1.54) is 4.31 Å². The fourth-order valence-electron chi connectivity index (χ4n) is 2.81. The second kappa shape index (κ2) is 6.81. The van der Waals surface area contributed by atoms with E-state index in [4.69, 9.17) is 5.73 Å². The maximum absolute atomic E-state index is 13.8. The van der Waals surface area contributed by atoms with Crippen LogP contribution in [0.4, 0.5) is 8.78 Å². The number of benzene rings is 1. The van der Waals surface area contributed by atoms with Gasteiger partial charge in [-0.05, 0) is 25.0 Å². The van der Waals surface area contributed by atoms with Gasteiger partial charge in [0.15, 0.2) is 0 Å². The highest BCUT2D eigenvalue weighted by molar-refractivity contribution is 7.89. The van der Waals surface area contributed by atoms with Crippen LogP contribution in [0.3, 0.4) is 0 Å². The highest BCUT2D eigenvalue weighted by atomic mass is 32.2. The van der Waals surface area contributed by atoms with Gasteiger partial charge in [0.1, 0.15) is 16.5 Å². The van der Waals surface area contributed by atoms with Gasteiger partial charge in [-0.1, -0.05) is 19.3 Å². The third-order valence-corrected chi connectivity index (χ3v) is 5.80. The molecule has 0 amide bonds. The fourth-order valence-corrected chi connectivity index (χ4v) is 4.55. The van der Waals surface area contributed by atoms with E-state index in [0.717, 1.165) is 44.2 Å². The molecule has 0 aliphatic heterocycles. The molecule has 1 aliphatic rings. The molecular weight excluding hydrogens is 298 g/mol. The fraction of sp³-hybridized carbons (Fsp3) is 0.571. The zero-order valence-corrected chi connectivity index (χ0v) is 12.6. The normalized spacial score (nSPS) is 17.3. The SMILES string of the molecule is NCCN(C1CCCCC1)S(=O)(=O)c1ccc(F)cc1F. The molecule has 0 heterocycles. The molecular formula is C14H20F2N2O2S. The molecule has 1 fully saturated rings. The molecule has 0 spiro atoms. The number of halogens is 2. The molecule has 21 heavy (non-hydrogen) atoms. The molecule has 1 saturated carbocycles. The van der Waals surface area contributed by atoms with Crippen molar-refractivity contribution in [3.8, 4) is 0 Å². The Labute approximate surface area is 124 Å². The number of hydrogen-bond donors (Lipinski definition) is 1. The van der Waals surface area contributed by atoms with Crippen molar-refractivity contribution in [1.29, 1.82) is 0 Å². The Morgan fingerprint density at radius 3 is 2.43 bits per heavy atom. The molecule has 0 atom stereocenters. The van der Waals surface area contributed by atoms with Crippen molar-refractivity contribution in [2.75, 3.05) is 13.1 Å². The average Bonchev–Trinajstić information content (AvgIpc) is 2.45. The summed E-state index contributed by atoms with van der Waals surface area (Å²) in [6.07, 6.45) is 4.49. The maximum Gasteiger partial charge on any atom is 0.246 e. The first-order valence-electron chi connectivity index (χ1n) is 7.14. The lowest BCUT2D eigenvalue weighted by Gasteiger charge is -2.33. The third kappa shape index (κ3) is 3.59. The molecule has 0 bridgehead atoms. The van der Waals surface area contributed by atoms with Crippen molar-refractivity contribution in [3.05, 3.63) is 29.8 Å². The Kier molecular flexibility index (Phi) is 5.29. The van der Waals surface area contributed by atoms with Gasteiger partial charge in [-0.15, -0.1) is 0 Å². The molecule has 2 N–H and O–H groups in total. The highest BCUT2D eigenvalue weighted by Crippen LogP contribution is 2.28. The minimum Gasteiger partial charge on any atom is -0.329 e. The minimum absolute atomic E-state index is 0.143. The molecule has 118 valence electrons. The summed E-state index contributed by atoms with van der Waals surface area (Å²) in [5, 5.41) is 0. The van der Waals surface area contributed by atoms with Crippen LogP contribution < -0.4 is 5.73 Å². The summed E-state index contributed by atoms with van der Waals surface area (Å²) in [6, 6.07) is 2.37. The first-order chi connectivity index (χ1) is 9.96. The third-order valence-electron chi connectivity index (χ3n) is 3.81. The summed E-state index contributed by atoms with van der Waals surface area (Å²) in [5.41, 5.74) is 5.51. The molecule has 2 rings (SSSR count). The number of nitrogens with zero attached hydrogens (tertiary/aromatic N) is 1. The van der Waals surface area contributed by atoms with Crippen molar-refractivity contribution in [2.45, 2.75) is 43.0 Å². The van der Waals surface area contributed by atoms with E-state index in [2.05, 4.69) is 0 Å². The predicted octanol–water partition coefficient (Wildman–Crippen LogP) is 2.25. The standard InChI is InChI=1S/C14H20F2N2O2S/c15-11-6-7-14(13(16)10-11)21(19,20)18(9-8-17)12-4-2-1-3-5-12/h6-7,10,12H,1-5,8-9,17H2. The minimum atomic E-state index is -4.00. The van der Waals surface area contributed by atoms with Crippen LogP contribution in [-0.4, -0.2) is 31.9 Å². The van der Waals surface area contributed by atoms with Gasteiger partial charge >= 0.3 is 0 Å². The monoisotopic (exact) mass is 318 g/mol. The van der Waals surface area contributed by atoms with Crippen molar-refractivity contribution < 1.29 is 17.2 Å². The summed E-state index contributed by atoms with van der Waals surface area (Å²) in [4.78, 5) is -0.483. The van der Waals surface area contributed by atoms with E-state index in [-0.39, 0.29) is 19.1 Å². The second-order valence-electron chi connectivity index (χ2n) is 5.27. The quantitative estimate of drug-likeness (QED) is 0.905. The lowest BCUT2D eigenvalue weighted by atomic mass is 9.95. The first-order valence-corrected chi connectivity index (χ1v) is 8.58. The smallest absolute Gasteiger partial charge is 0.246 e. The van der Waals surface area contributed by atoms with E-state index in [0.29, 0.717) is 6.07 Å². The highest BCUT2D eigenvalue weighted by Gasteiger charge is 2.33. The number of rotatable bonds is 5. The van der Waals surface area contributed by atoms with Gasteiger partial charge in [0.05, 0.1) is 0 Å². The molecule has 4 nitrogen and oxygen atoms in total. The summed E-state index contributed by atoms with van der Waals surface area (Å²) in [6.45, 7) is 0.308. The van der Waals surface area contributed by atoms with Crippen LogP contribution in [-0.2, 0) is 10.0 Å². The van der Waals surface area contributed by atoms with Gasteiger partial charge in [0, 0.05) is 25.2 Å². The lowest BCUT2D eigenvalue weighted by Crippen LogP contribution is -2.44. The molecule has 1 aromatic rings. The summed E-state index contributed by atoms with van der Waals surface area (Å²) in [5.74, 6) is -1.86.